The van der Waals surface area contributed by atoms with Gasteiger partial charge < -0.3 is 14.7 Å². The molecule has 0 aromatic carbocycles. The second-order valence-corrected chi connectivity index (χ2v) is 6.69. The van der Waals surface area contributed by atoms with Crippen LogP contribution >= 0.6 is 0 Å². The Morgan fingerprint density at radius 2 is 2.17 bits per heavy atom. The van der Waals surface area contributed by atoms with Crippen molar-refractivity contribution < 1.29 is 9.32 Å². The molecule has 1 saturated heterocycles. The molecule has 2 aliphatic rings. The summed E-state index contributed by atoms with van der Waals surface area (Å²) >= 11 is 0. The van der Waals surface area contributed by atoms with Gasteiger partial charge in [-0.15, -0.1) is 0 Å². The first-order valence-electron chi connectivity index (χ1n) is 8.50. The van der Waals surface area contributed by atoms with E-state index in [1.54, 1.807) is 6.26 Å². The fourth-order valence-electron chi connectivity index (χ4n) is 2.99. The van der Waals surface area contributed by atoms with Crippen molar-refractivity contribution in [2.75, 3.05) is 39.8 Å². The zero-order chi connectivity index (χ0) is 16.2. The molecular formula is C16H27N5O2. The predicted octanol–water partition coefficient (Wildman–Crippen LogP) is 0.984. The van der Waals surface area contributed by atoms with Crippen molar-refractivity contribution in [3.8, 4) is 0 Å². The second kappa shape index (κ2) is 7.31. The molecule has 1 aromatic rings. The third-order valence-corrected chi connectivity index (χ3v) is 4.90. The summed E-state index contributed by atoms with van der Waals surface area (Å²) in [6, 6.07) is 3.06. The third-order valence-electron chi connectivity index (χ3n) is 4.90. The number of nitrogens with one attached hydrogen (secondary N) is 1. The van der Waals surface area contributed by atoms with Gasteiger partial charge in [0, 0.05) is 57.4 Å². The molecule has 7 nitrogen and oxygen atoms in total. The molecule has 1 aliphatic carbocycles. The van der Waals surface area contributed by atoms with Crippen LogP contribution in [-0.4, -0.2) is 77.7 Å². The van der Waals surface area contributed by atoms with E-state index in [0.29, 0.717) is 12.6 Å². The maximum Gasteiger partial charge on any atom is 0.317 e. The highest BCUT2D eigenvalue weighted by Gasteiger charge is 2.29. The molecule has 3 rings (SSSR count). The molecule has 7 heteroatoms. The molecule has 2 heterocycles. The Morgan fingerprint density at radius 1 is 1.43 bits per heavy atom. The van der Waals surface area contributed by atoms with Gasteiger partial charge in [-0.2, -0.15) is 0 Å². The zero-order valence-electron chi connectivity index (χ0n) is 14.1. The first-order chi connectivity index (χ1) is 11.1. The summed E-state index contributed by atoms with van der Waals surface area (Å²) in [5.74, 6) is 0. The maximum atomic E-state index is 12.3. The normalized spacial score (nSPS) is 20.7. The van der Waals surface area contributed by atoms with Gasteiger partial charge in [0.15, 0.2) is 0 Å². The summed E-state index contributed by atoms with van der Waals surface area (Å²) in [7, 11) is 2.15. The lowest BCUT2D eigenvalue weighted by Crippen LogP contribution is -2.53. The van der Waals surface area contributed by atoms with Gasteiger partial charge >= 0.3 is 6.03 Å². The van der Waals surface area contributed by atoms with E-state index in [2.05, 4.69) is 34.2 Å². The summed E-state index contributed by atoms with van der Waals surface area (Å²) < 4.78 is 4.85. The largest absolute Gasteiger partial charge is 0.364 e. The number of likely N-dealkylation sites (N-methyl/N-ethyl adjacent to an activating group) is 1. The lowest BCUT2D eigenvalue weighted by molar-refractivity contribution is 0.131. The van der Waals surface area contributed by atoms with Crippen LogP contribution in [0.15, 0.2) is 16.9 Å². The van der Waals surface area contributed by atoms with Crippen LogP contribution in [0.25, 0.3) is 0 Å². The van der Waals surface area contributed by atoms with Crippen LogP contribution in [0.2, 0.25) is 0 Å². The van der Waals surface area contributed by atoms with Gasteiger partial charge in [0.05, 0.1) is 5.69 Å². The molecule has 1 aromatic heterocycles. The van der Waals surface area contributed by atoms with Gasteiger partial charge in [0.2, 0.25) is 0 Å². The Balaban J connectivity index is 1.36. The number of hydrogen-bond acceptors (Lipinski definition) is 5. The lowest BCUT2D eigenvalue weighted by Gasteiger charge is -2.34. The Kier molecular flexibility index (Phi) is 5.17. The number of amides is 2. The van der Waals surface area contributed by atoms with Gasteiger partial charge in [0.25, 0.3) is 0 Å². The molecular weight excluding hydrogens is 294 g/mol. The van der Waals surface area contributed by atoms with E-state index in [-0.39, 0.29) is 6.03 Å². The number of aromatic nitrogens is 1. The molecule has 1 saturated carbocycles. The van der Waals surface area contributed by atoms with Crippen LogP contribution in [-0.2, 0) is 6.54 Å². The third kappa shape index (κ3) is 4.45. The van der Waals surface area contributed by atoms with E-state index in [4.69, 9.17) is 4.52 Å². The Labute approximate surface area is 137 Å². The van der Waals surface area contributed by atoms with Gasteiger partial charge in [-0.25, -0.2) is 4.79 Å². The molecule has 0 spiro atoms. The Bertz CT molecular complexity index is 495. The van der Waals surface area contributed by atoms with Crippen LogP contribution in [0.4, 0.5) is 4.79 Å². The minimum absolute atomic E-state index is 0.0575. The van der Waals surface area contributed by atoms with E-state index >= 15 is 0 Å². The summed E-state index contributed by atoms with van der Waals surface area (Å²) in [4.78, 5) is 18.9. The smallest absolute Gasteiger partial charge is 0.317 e. The maximum absolute atomic E-state index is 12.3. The number of piperazine rings is 1. The quantitative estimate of drug-likeness (QED) is 0.846. The topological polar surface area (TPSA) is 64.9 Å². The number of rotatable bonds is 6. The summed E-state index contributed by atoms with van der Waals surface area (Å²) in [5.41, 5.74) is 0.944. The van der Waals surface area contributed by atoms with Crippen molar-refractivity contribution >= 4 is 6.03 Å². The van der Waals surface area contributed by atoms with Crippen molar-refractivity contribution in [3.63, 3.8) is 0 Å². The Morgan fingerprint density at radius 3 is 2.78 bits per heavy atom. The summed E-state index contributed by atoms with van der Waals surface area (Å²) in [6.45, 7) is 6.94. The van der Waals surface area contributed by atoms with E-state index < -0.39 is 0 Å². The minimum Gasteiger partial charge on any atom is -0.364 e. The lowest BCUT2D eigenvalue weighted by atomic mass is 10.3. The molecule has 2 amide bonds. The molecule has 1 N–H and O–H groups in total. The van der Waals surface area contributed by atoms with Crippen LogP contribution in [0, 0.1) is 0 Å². The van der Waals surface area contributed by atoms with Crippen LogP contribution in [0.5, 0.6) is 0 Å². The average Bonchev–Trinajstić information content (AvgIpc) is 3.30. The molecule has 23 heavy (non-hydrogen) atoms. The zero-order valence-corrected chi connectivity index (χ0v) is 14.1. The van der Waals surface area contributed by atoms with Crippen LogP contribution in [0.1, 0.15) is 25.5 Å². The molecule has 128 valence electrons. The second-order valence-electron chi connectivity index (χ2n) is 6.69. The van der Waals surface area contributed by atoms with Gasteiger partial charge in [0.1, 0.15) is 6.26 Å². The first-order valence-corrected chi connectivity index (χ1v) is 8.50. The van der Waals surface area contributed by atoms with E-state index in [1.807, 2.05) is 11.0 Å². The Hall–Kier alpha value is -1.60. The minimum atomic E-state index is 0.0575. The SMILES string of the molecule is C[C@@H](CNC(=O)N1CCN(Cc2ccon2)CC1)N(C)C1CC1. The number of urea groups is 1. The molecule has 0 bridgehead atoms. The fourth-order valence-corrected chi connectivity index (χ4v) is 2.99. The van der Waals surface area contributed by atoms with Gasteiger partial charge in [-0.3, -0.25) is 9.80 Å². The summed E-state index contributed by atoms with van der Waals surface area (Å²) in [5, 5.41) is 7.01. The summed E-state index contributed by atoms with van der Waals surface area (Å²) in [6.07, 6.45) is 4.18. The monoisotopic (exact) mass is 321 g/mol. The molecule has 1 aliphatic heterocycles. The van der Waals surface area contributed by atoms with E-state index in [1.165, 1.54) is 12.8 Å². The standard InChI is InChI=1S/C16H27N5O2/c1-13(19(2)15-3-4-15)11-17-16(22)21-8-6-20(7-9-21)12-14-5-10-23-18-14/h5,10,13,15H,3-4,6-9,11-12H2,1-2H3,(H,17,22)/t13-/m0/s1. The molecule has 0 radical (unpaired) electrons. The van der Waals surface area contributed by atoms with Crippen molar-refractivity contribution in [2.45, 2.75) is 38.4 Å². The van der Waals surface area contributed by atoms with Crippen LogP contribution in [0.3, 0.4) is 0 Å². The van der Waals surface area contributed by atoms with Crippen molar-refractivity contribution in [1.82, 2.24) is 25.2 Å². The van der Waals surface area contributed by atoms with Gasteiger partial charge in [-0.05, 0) is 26.8 Å². The highest BCUT2D eigenvalue weighted by atomic mass is 16.5. The first kappa shape index (κ1) is 16.3. The van der Waals surface area contributed by atoms with Gasteiger partial charge in [-0.1, -0.05) is 5.16 Å². The van der Waals surface area contributed by atoms with Crippen molar-refractivity contribution in [3.05, 3.63) is 18.0 Å². The van der Waals surface area contributed by atoms with Crippen molar-refractivity contribution in [1.29, 1.82) is 0 Å². The number of nitrogens with zero attached hydrogens (tertiary/aromatic N) is 4. The highest BCUT2D eigenvalue weighted by molar-refractivity contribution is 5.74. The fraction of sp³-hybridized carbons (Fsp3) is 0.750. The number of hydrogen-bond donors (Lipinski definition) is 1. The van der Waals surface area contributed by atoms with Crippen LogP contribution < -0.4 is 5.32 Å². The highest BCUT2D eigenvalue weighted by Crippen LogP contribution is 2.26. The number of carbonyl (C=O) groups excluding carboxylic acids is 1. The molecule has 1 atom stereocenters. The molecule has 2 fully saturated rings. The van der Waals surface area contributed by atoms with E-state index in [0.717, 1.165) is 44.5 Å². The number of carbonyl (C=O) groups is 1. The average molecular weight is 321 g/mol. The predicted molar refractivity (Wildman–Crippen MR) is 87.0 cm³/mol. The van der Waals surface area contributed by atoms with Crippen molar-refractivity contribution in [2.24, 2.45) is 0 Å². The van der Waals surface area contributed by atoms with E-state index in [9.17, 15) is 4.79 Å². The molecule has 0 unspecified atom stereocenters.